The van der Waals surface area contributed by atoms with Gasteiger partial charge in [0.05, 0.1) is 4.90 Å². The van der Waals surface area contributed by atoms with Gasteiger partial charge in [0.25, 0.3) is 10.1 Å². The molecule has 1 unspecified atom stereocenters. The quantitative estimate of drug-likeness (QED) is 0.645. The van der Waals surface area contributed by atoms with Gasteiger partial charge in [-0.2, -0.15) is 8.42 Å². The van der Waals surface area contributed by atoms with Crippen LogP contribution in [0.1, 0.15) is 18.4 Å². The number of halogens is 1. The van der Waals surface area contributed by atoms with Gasteiger partial charge in [-0.25, -0.2) is 0 Å². The second-order valence-corrected chi connectivity index (χ2v) is 4.83. The van der Waals surface area contributed by atoms with Crippen molar-refractivity contribution >= 4 is 21.7 Å². The predicted octanol–water partition coefficient (Wildman–Crippen LogP) is 2.28. The van der Waals surface area contributed by atoms with E-state index in [1.165, 1.54) is 12.1 Å². The van der Waals surface area contributed by atoms with Gasteiger partial charge < -0.3 is 0 Å². The van der Waals surface area contributed by atoms with Crippen LogP contribution in [-0.4, -0.2) is 18.9 Å². The summed E-state index contributed by atoms with van der Waals surface area (Å²) in [4.78, 5) is -0.0944. The van der Waals surface area contributed by atoms with Crippen LogP contribution in [0, 0.1) is 0 Å². The summed E-state index contributed by atoms with van der Waals surface area (Å²) in [5.74, 6) is 0.651. The highest BCUT2D eigenvalue weighted by atomic mass is 35.5. The average molecular weight is 235 g/mol. The first-order valence-electron chi connectivity index (χ1n) is 4.08. The molecule has 0 aromatic heterocycles. The fourth-order valence-corrected chi connectivity index (χ4v) is 1.72. The van der Waals surface area contributed by atoms with E-state index in [1.807, 2.05) is 6.92 Å². The van der Waals surface area contributed by atoms with Crippen LogP contribution >= 0.6 is 11.6 Å². The average Bonchev–Trinajstić information content (AvgIpc) is 2.15. The smallest absolute Gasteiger partial charge is 0.282 e. The van der Waals surface area contributed by atoms with Crippen LogP contribution in [0.15, 0.2) is 29.2 Å². The Balaban J connectivity index is 3.01. The fourth-order valence-electron chi connectivity index (χ4n) is 1.06. The molecule has 0 saturated heterocycles. The van der Waals surface area contributed by atoms with Gasteiger partial charge in [0.2, 0.25) is 0 Å². The maximum absolute atomic E-state index is 10.7. The lowest BCUT2D eigenvalue weighted by Gasteiger charge is -2.07. The Kier molecular flexibility index (Phi) is 3.53. The van der Waals surface area contributed by atoms with Crippen molar-refractivity contribution in [3.63, 3.8) is 0 Å². The molecule has 5 heteroatoms. The lowest BCUT2D eigenvalue weighted by Crippen LogP contribution is -1.99. The minimum atomic E-state index is -4.08. The molecule has 0 radical (unpaired) electrons. The summed E-state index contributed by atoms with van der Waals surface area (Å²) in [7, 11) is -4.08. The van der Waals surface area contributed by atoms with Crippen molar-refractivity contribution < 1.29 is 13.0 Å². The SMILES string of the molecule is CC(CCl)c1ccc(S(=O)(=O)O)cc1. The zero-order valence-electron chi connectivity index (χ0n) is 7.64. The zero-order chi connectivity index (χ0) is 10.8. The fraction of sp³-hybridized carbons (Fsp3) is 0.333. The minimum absolute atomic E-state index is 0.0944. The molecule has 3 nitrogen and oxygen atoms in total. The molecule has 0 aliphatic carbocycles. The summed E-state index contributed by atoms with van der Waals surface area (Å²) in [5.41, 5.74) is 0.951. The third kappa shape index (κ3) is 2.70. The molecule has 0 saturated carbocycles. The molecule has 1 N–H and O–H groups in total. The van der Waals surface area contributed by atoms with E-state index in [0.29, 0.717) is 5.88 Å². The van der Waals surface area contributed by atoms with Crippen molar-refractivity contribution in [3.05, 3.63) is 29.8 Å². The monoisotopic (exact) mass is 234 g/mol. The molecule has 1 rings (SSSR count). The van der Waals surface area contributed by atoms with E-state index in [4.69, 9.17) is 16.2 Å². The van der Waals surface area contributed by atoms with Crippen molar-refractivity contribution in [1.82, 2.24) is 0 Å². The summed E-state index contributed by atoms with van der Waals surface area (Å²) < 4.78 is 30.1. The second kappa shape index (κ2) is 4.29. The molecule has 1 aromatic carbocycles. The van der Waals surface area contributed by atoms with E-state index in [-0.39, 0.29) is 10.8 Å². The van der Waals surface area contributed by atoms with E-state index in [1.54, 1.807) is 12.1 Å². The third-order valence-corrected chi connectivity index (χ3v) is 3.31. The molecular formula is C9H11ClO3S. The van der Waals surface area contributed by atoms with E-state index in [9.17, 15) is 8.42 Å². The van der Waals surface area contributed by atoms with Crippen LogP contribution in [0.3, 0.4) is 0 Å². The van der Waals surface area contributed by atoms with Gasteiger partial charge in [-0.05, 0) is 23.6 Å². The second-order valence-electron chi connectivity index (χ2n) is 3.10. The molecule has 14 heavy (non-hydrogen) atoms. The number of benzene rings is 1. The van der Waals surface area contributed by atoms with Gasteiger partial charge in [0, 0.05) is 5.88 Å². The highest BCUT2D eigenvalue weighted by Gasteiger charge is 2.10. The van der Waals surface area contributed by atoms with Gasteiger partial charge in [0.15, 0.2) is 0 Å². The van der Waals surface area contributed by atoms with E-state index >= 15 is 0 Å². The van der Waals surface area contributed by atoms with Gasteiger partial charge in [-0.1, -0.05) is 19.1 Å². The topological polar surface area (TPSA) is 54.4 Å². The van der Waals surface area contributed by atoms with E-state index < -0.39 is 10.1 Å². The molecule has 0 aliphatic rings. The predicted molar refractivity (Wildman–Crippen MR) is 55.4 cm³/mol. The molecule has 78 valence electrons. The Bertz CT molecular complexity index is 397. The lowest BCUT2D eigenvalue weighted by molar-refractivity contribution is 0.483. The van der Waals surface area contributed by atoms with Crippen LogP contribution in [-0.2, 0) is 10.1 Å². The summed E-state index contributed by atoms with van der Waals surface area (Å²) in [6, 6.07) is 6.04. The maximum Gasteiger partial charge on any atom is 0.294 e. The van der Waals surface area contributed by atoms with E-state index in [2.05, 4.69) is 0 Å². The number of alkyl halides is 1. The Labute approximate surface area is 88.5 Å². The first kappa shape index (κ1) is 11.5. The van der Waals surface area contributed by atoms with Crippen LogP contribution in [0.2, 0.25) is 0 Å². The molecule has 0 amide bonds. The highest BCUT2D eigenvalue weighted by molar-refractivity contribution is 7.85. The Hall–Kier alpha value is -0.580. The first-order chi connectivity index (χ1) is 6.45. The number of hydrogen-bond acceptors (Lipinski definition) is 2. The third-order valence-electron chi connectivity index (χ3n) is 1.98. The zero-order valence-corrected chi connectivity index (χ0v) is 9.22. The summed E-state index contributed by atoms with van der Waals surface area (Å²) in [6.45, 7) is 1.94. The highest BCUT2D eigenvalue weighted by Crippen LogP contribution is 2.18. The Morgan fingerprint density at radius 1 is 1.36 bits per heavy atom. The number of rotatable bonds is 3. The van der Waals surface area contributed by atoms with Crippen molar-refractivity contribution in [1.29, 1.82) is 0 Å². The molecule has 0 aliphatic heterocycles. The van der Waals surface area contributed by atoms with Crippen LogP contribution in [0.25, 0.3) is 0 Å². The molecular weight excluding hydrogens is 224 g/mol. The molecule has 1 atom stereocenters. The molecule has 1 aromatic rings. The van der Waals surface area contributed by atoms with E-state index in [0.717, 1.165) is 5.56 Å². The Morgan fingerprint density at radius 2 is 1.86 bits per heavy atom. The largest absolute Gasteiger partial charge is 0.294 e. The van der Waals surface area contributed by atoms with Crippen molar-refractivity contribution in [3.8, 4) is 0 Å². The van der Waals surface area contributed by atoms with Gasteiger partial charge in [0.1, 0.15) is 0 Å². The summed E-state index contributed by atoms with van der Waals surface area (Å²) >= 11 is 5.65. The molecule has 0 bridgehead atoms. The van der Waals surface area contributed by atoms with Crippen molar-refractivity contribution in [2.45, 2.75) is 17.7 Å². The van der Waals surface area contributed by atoms with Crippen molar-refractivity contribution in [2.75, 3.05) is 5.88 Å². The van der Waals surface area contributed by atoms with Crippen molar-refractivity contribution in [2.24, 2.45) is 0 Å². The van der Waals surface area contributed by atoms with Crippen LogP contribution in [0.5, 0.6) is 0 Å². The van der Waals surface area contributed by atoms with Crippen LogP contribution in [0.4, 0.5) is 0 Å². The Morgan fingerprint density at radius 3 is 2.21 bits per heavy atom. The standard InChI is InChI=1S/C9H11ClO3S/c1-7(6-10)8-2-4-9(5-3-8)14(11,12)13/h2-5,7H,6H2,1H3,(H,11,12,13). The molecule has 0 fully saturated rings. The maximum atomic E-state index is 10.7. The molecule has 0 spiro atoms. The summed E-state index contributed by atoms with van der Waals surface area (Å²) in [6.07, 6.45) is 0. The lowest BCUT2D eigenvalue weighted by atomic mass is 10.0. The van der Waals surface area contributed by atoms with Gasteiger partial charge in [-0.15, -0.1) is 11.6 Å². The minimum Gasteiger partial charge on any atom is -0.282 e. The van der Waals surface area contributed by atoms with Gasteiger partial charge >= 0.3 is 0 Å². The summed E-state index contributed by atoms with van der Waals surface area (Å²) in [5, 5.41) is 0. The van der Waals surface area contributed by atoms with Gasteiger partial charge in [-0.3, -0.25) is 4.55 Å². The normalized spacial score (nSPS) is 13.9. The first-order valence-corrected chi connectivity index (χ1v) is 6.06. The number of hydrogen-bond donors (Lipinski definition) is 1. The molecule has 0 heterocycles. The van der Waals surface area contributed by atoms with Crippen LogP contribution < -0.4 is 0 Å².